The molecule has 1 saturated heterocycles. The summed E-state index contributed by atoms with van der Waals surface area (Å²) in [5, 5.41) is 3.44. The SMILES string of the molecule is Nc1ccc(S(=O)(=O)N2CCC(NCc3cccnc3N)CC2)cc1. The molecular weight excluding hydrogens is 338 g/mol. The van der Waals surface area contributed by atoms with Crippen LogP contribution in [0.3, 0.4) is 0 Å². The first-order chi connectivity index (χ1) is 12.0. The second-order valence-electron chi connectivity index (χ2n) is 6.18. The van der Waals surface area contributed by atoms with Gasteiger partial charge in [0, 0.05) is 43.1 Å². The summed E-state index contributed by atoms with van der Waals surface area (Å²) < 4.78 is 26.9. The zero-order valence-electron chi connectivity index (χ0n) is 13.9. The van der Waals surface area contributed by atoms with Gasteiger partial charge in [-0.3, -0.25) is 0 Å². The minimum Gasteiger partial charge on any atom is -0.399 e. The van der Waals surface area contributed by atoms with Crippen LogP contribution in [-0.4, -0.2) is 36.8 Å². The van der Waals surface area contributed by atoms with Gasteiger partial charge < -0.3 is 16.8 Å². The summed E-state index contributed by atoms with van der Waals surface area (Å²) >= 11 is 0. The Morgan fingerprint density at radius 1 is 1.12 bits per heavy atom. The Hall–Kier alpha value is -2.16. The molecule has 0 bridgehead atoms. The van der Waals surface area contributed by atoms with Gasteiger partial charge in [0.1, 0.15) is 5.82 Å². The lowest BCUT2D eigenvalue weighted by Gasteiger charge is -2.31. The first-order valence-electron chi connectivity index (χ1n) is 8.25. The fourth-order valence-corrected chi connectivity index (χ4v) is 4.41. The molecule has 7 nitrogen and oxygen atoms in total. The highest BCUT2D eigenvalue weighted by Crippen LogP contribution is 2.22. The van der Waals surface area contributed by atoms with Crippen LogP contribution in [0, 0.1) is 0 Å². The van der Waals surface area contributed by atoms with Crippen molar-refractivity contribution in [2.24, 2.45) is 0 Å². The van der Waals surface area contributed by atoms with Crippen molar-refractivity contribution in [3.63, 3.8) is 0 Å². The van der Waals surface area contributed by atoms with Crippen LogP contribution < -0.4 is 16.8 Å². The molecule has 25 heavy (non-hydrogen) atoms. The number of nitrogen functional groups attached to an aromatic ring is 2. The largest absolute Gasteiger partial charge is 0.399 e. The molecule has 0 atom stereocenters. The first kappa shape index (κ1) is 17.7. The molecule has 0 saturated carbocycles. The minimum atomic E-state index is -3.46. The van der Waals surface area contributed by atoms with Gasteiger partial charge in [-0.25, -0.2) is 13.4 Å². The molecule has 1 aromatic carbocycles. The van der Waals surface area contributed by atoms with Crippen molar-refractivity contribution >= 4 is 21.5 Å². The standard InChI is InChI=1S/C17H23N5O2S/c18-14-3-5-16(6-4-14)25(23,24)22-10-7-15(8-11-22)21-12-13-2-1-9-20-17(13)19/h1-6,9,15,21H,7-8,10-12,18H2,(H2,19,20). The second-order valence-corrected chi connectivity index (χ2v) is 8.11. The zero-order valence-corrected chi connectivity index (χ0v) is 14.7. The van der Waals surface area contributed by atoms with Gasteiger partial charge in [0.25, 0.3) is 0 Å². The number of pyridine rings is 1. The summed E-state index contributed by atoms with van der Waals surface area (Å²) in [6, 6.07) is 10.4. The zero-order chi connectivity index (χ0) is 17.9. The summed E-state index contributed by atoms with van der Waals surface area (Å²) in [5.41, 5.74) is 13.0. The number of nitrogens with zero attached hydrogens (tertiary/aromatic N) is 2. The fraction of sp³-hybridized carbons (Fsp3) is 0.353. The first-order valence-corrected chi connectivity index (χ1v) is 9.69. The van der Waals surface area contributed by atoms with Gasteiger partial charge in [-0.15, -0.1) is 0 Å². The monoisotopic (exact) mass is 361 g/mol. The molecule has 0 spiro atoms. The smallest absolute Gasteiger partial charge is 0.243 e. The molecule has 0 amide bonds. The van der Waals surface area contributed by atoms with Crippen molar-refractivity contribution in [1.29, 1.82) is 0 Å². The van der Waals surface area contributed by atoms with E-state index in [0.29, 0.717) is 31.1 Å². The Kier molecular flexibility index (Phi) is 5.22. The van der Waals surface area contributed by atoms with Crippen molar-refractivity contribution in [3.8, 4) is 0 Å². The Labute approximate surface area is 148 Å². The van der Waals surface area contributed by atoms with Crippen molar-refractivity contribution in [3.05, 3.63) is 48.2 Å². The molecule has 134 valence electrons. The number of benzene rings is 1. The van der Waals surface area contributed by atoms with E-state index in [1.807, 2.05) is 12.1 Å². The average Bonchev–Trinajstić information content (AvgIpc) is 2.62. The highest BCUT2D eigenvalue weighted by molar-refractivity contribution is 7.89. The van der Waals surface area contributed by atoms with Gasteiger partial charge in [-0.1, -0.05) is 6.07 Å². The van der Waals surface area contributed by atoms with Crippen LogP contribution in [0.15, 0.2) is 47.5 Å². The molecule has 3 rings (SSSR count). The van der Waals surface area contributed by atoms with Crippen LogP contribution in [0.2, 0.25) is 0 Å². The lowest BCUT2D eigenvalue weighted by molar-refractivity contribution is 0.288. The van der Waals surface area contributed by atoms with E-state index in [0.717, 1.165) is 18.4 Å². The van der Waals surface area contributed by atoms with Crippen LogP contribution in [0.5, 0.6) is 0 Å². The number of piperidine rings is 1. The van der Waals surface area contributed by atoms with Crippen molar-refractivity contribution in [1.82, 2.24) is 14.6 Å². The van der Waals surface area contributed by atoms with Gasteiger partial charge in [0.2, 0.25) is 10.0 Å². The highest BCUT2D eigenvalue weighted by atomic mass is 32.2. The van der Waals surface area contributed by atoms with Crippen LogP contribution in [-0.2, 0) is 16.6 Å². The Morgan fingerprint density at radius 2 is 1.80 bits per heavy atom. The van der Waals surface area contributed by atoms with Crippen LogP contribution in [0.25, 0.3) is 0 Å². The third-order valence-corrected chi connectivity index (χ3v) is 6.39. The second kappa shape index (κ2) is 7.38. The summed E-state index contributed by atoms with van der Waals surface area (Å²) in [6.07, 6.45) is 3.18. The van der Waals surface area contributed by atoms with E-state index in [1.165, 1.54) is 4.31 Å². The van der Waals surface area contributed by atoms with Crippen molar-refractivity contribution in [2.75, 3.05) is 24.6 Å². The minimum absolute atomic E-state index is 0.262. The molecule has 0 radical (unpaired) electrons. The summed E-state index contributed by atoms with van der Waals surface area (Å²) in [5.74, 6) is 0.526. The number of sulfonamides is 1. The molecule has 5 N–H and O–H groups in total. The molecule has 2 heterocycles. The third kappa shape index (κ3) is 4.09. The summed E-state index contributed by atoms with van der Waals surface area (Å²) in [7, 11) is -3.46. The number of aromatic nitrogens is 1. The van der Waals surface area contributed by atoms with Gasteiger partial charge >= 0.3 is 0 Å². The van der Waals surface area contributed by atoms with Gasteiger partial charge in [0.15, 0.2) is 0 Å². The van der Waals surface area contributed by atoms with Crippen LogP contribution in [0.1, 0.15) is 18.4 Å². The lowest BCUT2D eigenvalue weighted by Crippen LogP contribution is -2.44. The number of hydrogen-bond donors (Lipinski definition) is 3. The van der Waals surface area contributed by atoms with Gasteiger partial charge in [0.05, 0.1) is 4.90 Å². The van der Waals surface area contributed by atoms with Gasteiger partial charge in [-0.05, 0) is 43.2 Å². The van der Waals surface area contributed by atoms with Crippen LogP contribution in [0.4, 0.5) is 11.5 Å². The number of nitrogens with two attached hydrogens (primary N) is 2. The van der Waals surface area contributed by atoms with Crippen molar-refractivity contribution in [2.45, 2.75) is 30.3 Å². The topological polar surface area (TPSA) is 114 Å². The Bertz CT molecular complexity index is 815. The molecule has 8 heteroatoms. The summed E-state index contributed by atoms with van der Waals surface area (Å²) in [4.78, 5) is 4.36. The molecule has 0 aliphatic carbocycles. The lowest BCUT2D eigenvalue weighted by atomic mass is 10.1. The van der Waals surface area contributed by atoms with Crippen molar-refractivity contribution < 1.29 is 8.42 Å². The maximum absolute atomic E-state index is 12.7. The Balaban J connectivity index is 1.56. The van der Waals surface area contributed by atoms with E-state index < -0.39 is 10.0 Å². The predicted molar refractivity (Wildman–Crippen MR) is 98.1 cm³/mol. The van der Waals surface area contributed by atoms with E-state index in [-0.39, 0.29) is 10.9 Å². The highest BCUT2D eigenvalue weighted by Gasteiger charge is 2.29. The number of nitrogens with one attached hydrogen (secondary N) is 1. The van der Waals surface area contributed by atoms with Crippen LogP contribution >= 0.6 is 0 Å². The number of anilines is 2. The maximum atomic E-state index is 12.7. The predicted octanol–water partition coefficient (Wildman–Crippen LogP) is 1.19. The third-order valence-electron chi connectivity index (χ3n) is 4.48. The quantitative estimate of drug-likeness (QED) is 0.689. The van der Waals surface area contributed by atoms with Gasteiger partial charge in [-0.2, -0.15) is 4.31 Å². The maximum Gasteiger partial charge on any atom is 0.243 e. The number of hydrogen-bond acceptors (Lipinski definition) is 6. The molecule has 1 aliphatic rings. The Morgan fingerprint density at radius 3 is 2.44 bits per heavy atom. The van der Waals surface area contributed by atoms with E-state index in [9.17, 15) is 8.42 Å². The van der Waals surface area contributed by atoms with E-state index in [4.69, 9.17) is 11.5 Å². The molecule has 1 fully saturated rings. The molecule has 0 unspecified atom stereocenters. The normalized spacial score (nSPS) is 16.8. The fourth-order valence-electron chi connectivity index (χ4n) is 2.94. The average molecular weight is 361 g/mol. The summed E-state index contributed by atoms with van der Waals surface area (Å²) in [6.45, 7) is 1.62. The molecular formula is C17H23N5O2S. The molecule has 2 aromatic rings. The van der Waals surface area contributed by atoms with E-state index >= 15 is 0 Å². The molecule has 1 aromatic heterocycles. The van der Waals surface area contributed by atoms with E-state index in [1.54, 1.807) is 30.5 Å². The molecule has 1 aliphatic heterocycles. The van der Waals surface area contributed by atoms with E-state index in [2.05, 4.69) is 10.3 Å². The number of rotatable bonds is 5.